The Labute approximate surface area is 173 Å². The molecule has 1 aromatic heterocycles. The van der Waals surface area contributed by atoms with E-state index in [1.54, 1.807) is 11.0 Å². The number of benzene rings is 2. The minimum atomic E-state index is -0.630. The minimum Gasteiger partial charge on any atom is -0.368 e. The van der Waals surface area contributed by atoms with E-state index in [1.165, 1.54) is 0 Å². The first-order chi connectivity index (χ1) is 13.5. The van der Waals surface area contributed by atoms with E-state index < -0.39 is 11.8 Å². The topological polar surface area (TPSA) is 97.4 Å². The first-order valence-electron chi connectivity index (χ1n) is 8.96. The molecule has 1 aliphatic heterocycles. The van der Waals surface area contributed by atoms with Crippen LogP contribution in [0.1, 0.15) is 27.5 Å². The van der Waals surface area contributed by atoms with Gasteiger partial charge in [0.25, 0.3) is 5.91 Å². The average Bonchev–Trinajstić information content (AvgIpc) is 3.16. The molecule has 29 heavy (non-hydrogen) atoms. The smallest absolute Gasteiger partial charge is 0.255 e. The van der Waals surface area contributed by atoms with E-state index in [2.05, 4.69) is 5.32 Å². The Bertz CT molecular complexity index is 1110. The second kappa shape index (κ2) is 7.97. The van der Waals surface area contributed by atoms with Gasteiger partial charge in [-0.05, 0) is 17.7 Å². The molecule has 0 radical (unpaired) electrons. The molecular weight excluding hydrogens is 392 g/mol. The molecule has 1 atom stereocenters. The van der Waals surface area contributed by atoms with Crippen LogP contribution in [0.25, 0.3) is 10.9 Å². The Morgan fingerprint density at radius 2 is 1.76 bits per heavy atom. The maximum Gasteiger partial charge on any atom is 0.255 e. The van der Waals surface area contributed by atoms with E-state index in [9.17, 15) is 14.4 Å². The Kier molecular flexibility index (Phi) is 5.61. The number of hydrogen-bond acceptors (Lipinski definition) is 3. The van der Waals surface area contributed by atoms with Crippen molar-refractivity contribution in [2.24, 2.45) is 12.8 Å². The molecule has 150 valence electrons. The number of nitrogens with zero attached hydrogens (tertiary/aromatic N) is 2. The van der Waals surface area contributed by atoms with E-state index in [0.29, 0.717) is 5.56 Å². The van der Waals surface area contributed by atoms with Gasteiger partial charge >= 0.3 is 0 Å². The normalized spacial score (nSPS) is 15.1. The number of fused-ring (bicyclic) bond motifs is 2. The first-order valence-corrected chi connectivity index (χ1v) is 8.96. The molecule has 1 unspecified atom stereocenters. The van der Waals surface area contributed by atoms with Gasteiger partial charge < -0.3 is 20.5 Å². The van der Waals surface area contributed by atoms with Crippen LogP contribution in [0.5, 0.6) is 0 Å². The third kappa shape index (κ3) is 3.56. The van der Waals surface area contributed by atoms with Crippen molar-refractivity contribution in [2.45, 2.75) is 6.04 Å². The third-order valence-electron chi connectivity index (χ3n) is 5.05. The summed E-state index contributed by atoms with van der Waals surface area (Å²) in [6.07, 6.45) is 2.00. The molecule has 7 nitrogen and oxygen atoms in total. The van der Waals surface area contributed by atoms with Gasteiger partial charge in [-0.1, -0.05) is 36.4 Å². The number of carbonyl (C=O) groups excluding carboxylic acids is 3. The van der Waals surface area contributed by atoms with Crippen molar-refractivity contribution < 1.29 is 14.4 Å². The Morgan fingerprint density at radius 1 is 1.07 bits per heavy atom. The highest BCUT2D eigenvalue weighted by atomic mass is 35.5. The van der Waals surface area contributed by atoms with Crippen LogP contribution in [-0.4, -0.2) is 40.3 Å². The summed E-state index contributed by atoms with van der Waals surface area (Å²) < 4.78 is 2.02. The van der Waals surface area contributed by atoms with Gasteiger partial charge in [0.2, 0.25) is 11.8 Å². The zero-order valence-corrected chi connectivity index (χ0v) is 16.6. The Balaban J connectivity index is 0.00000240. The highest BCUT2D eigenvalue weighted by molar-refractivity contribution is 6.02. The second-order valence-electron chi connectivity index (χ2n) is 6.88. The summed E-state index contributed by atoms with van der Waals surface area (Å²) in [6, 6.07) is 15.0. The van der Waals surface area contributed by atoms with Gasteiger partial charge in [-0.15, -0.1) is 12.4 Å². The summed E-state index contributed by atoms with van der Waals surface area (Å²) in [5.74, 6) is -1.26. The van der Waals surface area contributed by atoms with Crippen LogP contribution < -0.4 is 11.1 Å². The molecule has 0 fully saturated rings. The van der Waals surface area contributed by atoms with E-state index in [0.717, 1.165) is 22.0 Å². The lowest BCUT2D eigenvalue weighted by molar-refractivity contribution is -0.125. The minimum absolute atomic E-state index is 0. The molecule has 2 aromatic carbocycles. The van der Waals surface area contributed by atoms with Crippen molar-refractivity contribution >= 4 is 41.0 Å². The van der Waals surface area contributed by atoms with E-state index in [4.69, 9.17) is 5.73 Å². The molecule has 0 saturated heterocycles. The summed E-state index contributed by atoms with van der Waals surface area (Å²) in [6.45, 7) is -0.415. The van der Waals surface area contributed by atoms with Crippen LogP contribution in [0.3, 0.4) is 0 Å². The number of rotatable bonds is 5. The van der Waals surface area contributed by atoms with Gasteiger partial charge in [0.15, 0.2) is 0 Å². The molecule has 3 N–H and O–H groups in total. The summed E-state index contributed by atoms with van der Waals surface area (Å²) in [7, 11) is 1.96. The van der Waals surface area contributed by atoms with Gasteiger partial charge in [-0.3, -0.25) is 14.4 Å². The summed E-state index contributed by atoms with van der Waals surface area (Å²) in [4.78, 5) is 37.9. The summed E-state index contributed by atoms with van der Waals surface area (Å²) in [5, 5.41) is 3.49. The molecule has 3 amide bonds. The van der Waals surface area contributed by atoms with Crippen molar-refractivity contribution in [1.29, 1.82) is 0 Å². The molecule has 3 aromatic rings. The van der Waals surface area contributed by atoms with Crippen LogP contribution in [0.2, 0.25) is 0 Å². The van der Waals surface area contributed by atoms with Gasteiger partial charge in [0, 0.05) is 35.3 Å². The fraction of sp³-hybridized carbons (Fsp3) is 0.190. The fourth-order valence-electron chi connectivity index (χ4n) is 3.86. The number of aryl methyl sites for hydroxylation is 1. The number of para-hydroxylation sites is 1. The van der Waals surface area contributed by atoms with E-state index >= 15 is 0 Å². The quantitative estimate of drug-likeness (QED) is 0.668. The van der Waals surface area contributed by atoms with Crippen LogP contribution >= 0.6 is 12.4 Å². The highest BCUT2D eigenvalue weighted by Crippen LogP contribution is 2.41. The van der Waals surface area contributed by atoms with Crippen molar-refractivity contribution in [3.8, 4) is 0 Å². The van der Waals surface area contributed by atoms with Gasteiger partial charge in [0.1, 0.15) is 6.54 Å². The number of nitrogens with two attached hydrogens (primary N) is 1. The first kappa shape index (κ1) is 20.4. The number of aromatic nitrogens is 1. The number of nitrogens with one attached hydrogen (secondary N) is 1. The number of primary amides is 1. The monoisotopic (exact) mass is 412 g/mol. The van der Waals surface area contributed by atoms with Gasteiger partial charge in [0.05, 0.1) is 12.6 Å². The molecule has 0 spiro atoms. The van der Waals surface area contributed by atoms with Crippen molar-refractivity contribution in [1.82, 2.24) is 14.8 Å². The van der Waals surface area contributed by atoms with Crippen LogP contribution in [0, 0.1) is 0 Å². The average molecular weight is 413 g/mol. The standard InChI is InChI=1S/C21H20N4O3.ClH/c1-24-11-16(13-6-4-5-9-17(13)24)20-14-7-2-3-8-15(14)21(28)25(20)12-19(27)23-10-18(22)26;/h2-9,11,20H,10,12H2,1H3,(H2,22,26)(H,23,27);1H. The van der Waals surface area contributed by atoms with Crippen LogP contribution in [0.4, 0.5) is 0 Å². The summed E-state index contributed by atoms with van der Waals surface area (Å²) in [5.41, 5.74) is 8.55. The highest BCUT2D eigenvalue weighted by Gasteiger charge is 2.39. The molecular formula is C21H21ClN4O3. The maximum absolute atomic E-state index is 13.0. The molecule has 4 rings (SSSR count). The van der Waals surface area contributed by atoms with E-state index in [1.807, 2.05) is 60.3 Å². The second-order valence-corrected chi connectivity index (χ2v) is 6.88. The predicted octanol–water partition coefficient (Wildman–Crippen LogP) is 1.75. The maximum atomic E-state index is 13.0. The lowest BCUT2D eigenvalue weighted by Gasteiger charge is -2.25. The lowest BCUT2D eigenvalue weighted by atomic mass is 9.97. The van der Waals surface area contributed by atoms with Gasteiger partial charge in [-0.2, -0.15) is 0 Å². The number of carbonyl (C=O) groups is 3. The molecule has 8 heteroatoms. The molecule has 0 saturated carbocycles. The Morgan fingerprint density at radius 3 is 2.52 bits per heavy atom. The fourth-order valence-corrected chi connectivity index (χ4v) is 3.86. The molecule has 2 heterocycles. The summed E-state index contributed by atoms with van der Waals surface area (Å²) >= 11 is 0. The van der Waals surface area contributed by atoms with Crippen molar-refractivity contribution in [3.05, 3.63) is 71.4 Å². The molecule has 0 bridgehead atoms. The number of amides is 3. The van der Waals surface area contributed by atoms with Crippen LogP contribution in [-0.2, 0) is 16.6 Å². The SMILES string of the molecule is Cl.Cn1cc(C2c3ccccc3C(=O)N2CC(=O)NCC(N)=O)c2ccccc21. The molecule has 0 aliphatic carbocycles. The third-order valence-corrected chi connectivity index (χ3v) is 5.05. The largest absolute Gasteiger partial charge is 0.368 e. The lowest BCUT2D eigenvalue weighted by Crippen LogP contribution is -2.42. The van der Waals surface area contributed by atoms with Crippen molar-refractivity contribution in [3.63, 3.8) is 0 Å². The predicted molar refractivity (Wildman–Crippen MR) is 112 cm³/mol. The zero-order chi connectivity index (χ0) is 19.8. The van der Waals surface area contributed by atoms with Gasteiger partial charge in [-0.25, -0.2) is 0 Å². The number of halogens is 1. The van der Waals surface area contributed by atoms with E-state index in [-0.39, 0.29) is 37.4 Å². The zero-order valence-electron chi connectivity index (χ0n) is 15.8. The number of hydrogen-bond donors (Lipinski definition) is 2. The van der Waals surface area contributed by atoms with Crippen LogP contribution in [0.15, 0.2) is 54.7 Å². The van der Waals surface area contributed by atoms with Crippen molar-refractivity contribution in [2.75, 3.05) is 13.1 Å². The molecule has 1 aliphatic rings. The Hall–Kier alpha value is -3.32.